The minimum absolute atomic E-state index is 0.518. The van der Waals surface area contributed by atoms with E-state index >= 15 is 0 Å². The highest BCUT2D eigenvalue weighted by Crippen LogP contribution is 2.26. The van der Waals surface area contributed by atoms with Crippen molar-refractivity contribution in [2.75, 3.05) is 7.11 Å². The van der Waals surface area contributed by atoms with E-state index in [0.29, 0.717) is 5.69 Å². The molecule has 0 aliphatic carbocycles. The van der Waals surface area contributed by atoms with Gasteiger partial charge >= 0.3 is 5.97 Å². The van der Waals surface area contributed by atoms with E-state index in [1.807, 2.05) is 18.2 Å². The summed E-state index contributed by atoms with van der Waals surface area (Å²) in [6.45, 7) is 0. The van der Waals surface area contributed by atoms with E-state index in [4.69, 9.17) is 0 Å². The van der Waals surface area contributed by atoms with E-state index in [1.54, 1.807) is 17.7 Å². The van der Waals surface area contributed by atoms with Crippen molar-refractivity contribution in [2.24, 2.45) is 7.05 Å². The maximum Gasteiger partial charge on any atom is 0.340 e. The van der Waals surface area contributed by atoms with E-state index in [-0.39, 0.29) is 0 Å². The summed E-state index contributed by atoms with van der Waals surface area (Å²) in [6.07, 6.45) is -1.25. The Bertz CT molecular complexity index is 576. The third-order valence-electron chi connectivity index (χ3n) is 2.75. The summed E-state index contributed by atoms with van der Waals surface area (Å²) in [6, 6.07) is 7.55. The summed E-state index contributed by atoms with van der Waals surface area (Å²) in [5.41, 5.74) is 1.47. The van der Waals surface area contributed by atoms with Crippen molar-refractivity contribution in [3.8, 4) is 0 Å². The predicted octanol–water partition coefficient (Wildman–Crippen LogP) is 2.15. The van der Waals surface area contributed by atoms with E-state index < -0.39 is 12.1 Å². The highest BCUT2D eigenvalue weighted by atomic mass is 79.9. The van der Waals surface area contributed by atoms with Crippen LogP contribution in [0.15, 0.2) is 28.7 Å². The lowest BCUT2D eigenvalue weighted by atomic mass is 10.2. The zero-order chi connectivity index (χ0) is 12.6. The zero-order valence-electron chi connectivity index (χ0n) is 9.48. The smallest absolute Gasteiger partial charge is 0.340 e. The van der Waals surface area contributed by atoms with Gasteiger partial charge in [0.25, 0.3) is 0 Å². The monoisotopic (exact) mass is 297 g/mol. The number of aliphatic hydroxyl groups excluding tert-OH is 1. The number of nitrogens with zero attached hydrogens (tertiary/aromatic N) is 1. The number of hydrogen-bond donors (Lipinski definition) is 1. The van der Waals surface area contributed by atoms with E-state index in [1.165, 1.54) is 7.11 Å². The Labute approximate surface area is 107 Å². The summed E-state index contributed by atoms with van der Waals surface area (Å²) < 4.78 is 7.26. The van der Waals surface area contributed by atoms with Gasteiger partial charge in [-0.2, -0.15) is 0 Å². The van der Waals surface area contributed by atoms with Crippen LogP contribution in [0.4, 0.5) is 0 Å². The standard InChI is InChI=1S/C12H12BrNO3/c1-14-9-4-3-8(13)5-7(9)6-10(14)11(15)12(16)17-2/h3-6,11,15H,1-2H3. The van der Waals surface area contributed by atoms with Crippen molar-refractivity contribution in [1.29, 1.82) is 0 Å². The van der Waals surface area contributed by atoms with Crippen molar-refractivity contribution in [3.63, 3.8) is 0 Å². The van der Waals surface area contributed by atoms with Crippen LogP contribution in [0.2, 0.25) is 0 Å². The molecule has 0 radical (unpaired) electrons. The molecule has 0 bridgehead atoms. The zero-order valence-corrected chi connectivity index (χ0v) is 11.1. The second-order valence-electron chi connectivity index (χ2n) is 3.76. The third kappa shape index (κ3) is 2.08. The molecule has 90 valence electrons. The topological polar surface area (TPSA) is 51.5 Å². The number of aromatic nitrogens is 1. The van der Waals surface area contributed by atoms with Crippen molar-refractivity contribution in [3.05, 3.63) is 34.4 Å². The summed E-state index contributed by atoms with van der Waals surface area (Å²) >= 11 is 3.38. The molecule has 1 aromatic carbocycles. The lowest BCUT2D eigenvalue weighted by Crippen LogP contribution is -2.16. The quantitative estimate of drug-likeness (QED) is 0.864. The number of hydrogen-bond acceptors (Lipinski definition) is 3. The average molecular weight is 298 g/mol. The summed E-state index contributed by atoms with van der Waals surface area (Å²) in [7, 11) is 3.06. The van der Waals surface area contributed by atoms with Crippen LogP contribution in [0.25, 0.3) is 10.9 Å². The highest BCUT2D eigenvalue weighted by Gasteiger charge is 2.22. The fourth-order valence-electron chi connectivity index (χ4n) is 1.84. The Balaban J connectivity index is 2.55. The largest absolute Gasteiger partial charge is 0.467 e. The number of carbonyl (C=O) groups is 1. The van der Waals surface area contributed by atoms with Gasteiger partial charge in [0.1, 0.15) is 0 Å². The number of benzene rings is 1. The number of fused-ring (bicyclic) bond motifs is 1. The Morgan fingerprint density at radius 1 is 1.47 bits per heavy atom. The van der Waals surface area contributed by atoms with Gasteiger partial charge in [-0.15, -0.1) is 0 Å². The van der Waals surface area contributed by atoms with Crippen molar-refractivity contribution in [1.82, 2.24) is 4.57 Å². The predicted molar refractivity (Wildman–Crippen MR) is 67.6 cm³/mol. The molecule has 1 aromatic heterocycles. The molecule has 0 saturated heterocycles. The van der Waals surface area contributed by atoms with Gasteiger partial charge in [0.15, 0.2) is 6.10 Å². The van der Waals surface area contributed by atoms with Crippen LogP contribution in [-0.2, 0) is 16.6 Å². The molecule has 0 saturated carbocycles. The molecule has 1 heterocycles. The van der Waals surface area contributed by atoms with Crippen LogP contribution in [0, 0.1) is 0 Å². The SMILES string of the molecule is COC(=O)C(O)c1cc2cc(Br)ccc2n1C. The number of halogens is 1. The van der Waals surface area contributed by atoms with Gasteiger partial charge < -0.3 is 14.4 Å². The van der Waals surface area contributed by atoms with Crippen LogP contribution in [0.3, 0.4) is 0 Å². The molecule has 5 heteroatoms. The number of aryl methyl sites for hydroxylation is 1. The molecule has 0 aliphatic rings. The fourth-order valence-corrected chi connectivity index (χ4v) is 2.22. The highest BCUT2D eigenvalue weighted by molar-refractivity contribution is 9.10. The van der Waals surface area contributed by atoms with Gasteiger partial charge in [0.2, 0.25) is 0 Å². The number of carbonyl (C=O) groups excluding carboxylic acids is 1. The normalized spacial score (nSPS) is 12.7. The van der Waals surface area contributed by atoms with Crippen LogP contribution in [0.5, 0.6) is 0 Å². The molecule has 0 fully saturated rings. The molecular weight excluding hydrogens is 286 g/mol. The molecule has 17 heavy (non-hydrogen) atoms. The minimum Gasteiger partial charge on any atom is -0.467 e. The maximum atomic E-state index is 11.3. The first kappa shape index (κ1) is 12.1. The fraction of sp³-hybridized carbons (Fsp3) is 0.250. The lowest BCUT2D eigenvalue weighted by Gasteiger charge is -2.09. The minimum atomic E-state index is -1.25. The third-order valence-corrected chi connectivity index (χ3v) is 3.24. The Morgan fingerprint density at radius 2 is 2.18 bits per heavy atom. The summed E-state index contributed by atoms with van der Waals surface area (Å²) in [5.74, 6) is -0.657. The number of methoxy groups -OCH3 is 1. The van der Waals surface area contributed by atoms with Crippen LogP contribution >= 0.6 is 15.9 Å². The maximum absolute atomic E-state index is 11.3. The average Bonchev–Trinajstić information content (AvgIpc) is 2.64. The molecule has 4 nitrogen and oxygen atoms in total. The summed E-state index contributed by atoms with van der Waals surface area (Å²) in [4.78, 5) is 11.3. The molecule has 0 aliphatic heterocycles. The van der Waals surface area contributed by atoms with E-state index in [0.717, 1.165) is 15.4 Å². The van der Waals surface area contributed by atoms with Crippen molar-refractivity contribution < 1.29 is 14.6 Å². The van der Waals surface area contributed by atoms with Gasteiger partial charge in [-0.25, -0.2) is 4.79 Å². The van der Waals surface area contributed by atoms with E-state index in [9.17, 15) is 9.90 Å². The van der Waals surface area contributed by atoms with E-state index in [2.05, 4.69) is 20.7 Å². The Morgan fingerprint density at radius 3 is 2.82 bits per heavy atom. The van der Waals surface area contributed by atoms with Gasteiger partial charge in [-0.3, -0.25) is 0 Å². The molecule has 0 spiro atoms. The first-order valence-corrected chi connectivity index (χ1v) is 5.84. The molecule has 1 N–H and O–H groups in total. The molecular formula is C12H12BrNO3. The molecule has 1 atom stereocenters. The molecule has 1 unspecified atom stereocenters. The number of esters is 1. The Hall–Kier alpha value is -1.33. The lowest BCUT2D eigenvalue weighted by molar-refractivity contribution is -0.151. The number of rotatable bonds is 2. The van der Waals surface area contributed by atoms with Gasteiger partial charge in [-0.05, 0) is 24.3 Å². The van der Waals surface area contributed by atoms with Gasteiger partial charge in [0, 0.05) is 22.4 Å². The van der Waals surface area contributed by atoms with Crippen LogP contribution < -0.4 is 0 Å². The second kappa shape index (κ2) is 4.50. The van der Waals surface area contributed by atoms with Crippen LogP contribution in [0.1, 0.15) is 11.8 Å². The van der Waals surface area contributed by atoms with Crippen molar-refractivity contribution in [2.45, 2.75) is 6.10 Å². The second-order valence-corrected chi connectivity index (χ2v) is 4.67. The van der Waals surface area contributed by atoms with Gasteiger partial charge in [-0.1, -0.05) is 15.9 Å². The molecule has 2 aromatic rings. The van der Waals surface area contributed by atoms with Crippen LogP contribution in [-0.4, -0.2) is 22.8 Å². The van der Waals surface area contributed by atoms with Gasteiger partial charge in [0.05, 0.1) is 12.8 Å². The Kier molecular flexibility index (Phi) is 3.22. The van der Waals surface area contributed by atoms with Crippen molar-refractivity contribution >= 4 is 32.8 Å². The number of ether oxygens (including phenoxy) is 1. The molecule has 2 rings (SSSR count). The molecule has 0 amide bonds. The first-order valence-electron chi connectivity index (χ1n) is 5.05. The first-order chi connectivity index (χ1) is 8.04. The summed E-state index contributed by atoms with van der Waals surface area (Å²) in [5, 5.41) is 10.8. The number of aliphatic hydroxyl groups is 1.